The maximum absolute atomic E-state index is 12.1. The molecule has 2 rings (SSSR count). The first-order valence-electron chi connectivity index (χ1n) is 6.88. The molecule has 0 saturated heterocycles. The lowest BCUT2D eigenvalue weighted by molar-refractivity contribution is 0.102. The molecule has 0 saturated carbocycles. The number of carbonyl (C=O) groups is 1. The van der Waals surface area contributed by atoms with Gasteiger partial charge in [-0.25, -0.2) is 4.98 Å². The summed E-state index contributed by atoms with van der Waals surface area (Å²) in [6, 6.07) is 10.9. The van der Waals surface area contributed by atoms with E-state index in [2.05, 4.69) is 29.5 Å². The van der Waals surface area contributed by atoms with Gasteiger partial charge in [-0.1, -0.05) is 18.5 Å². The van der Waals surface area contributed by atoms with E-state index in [0.717, 1.165) is 12.1 Å². The fraction of sp³-hybridized carbons (Fsp3) is 0.250. The number of aromatic nitrogens is 1. The molecular weight excluding hydrogens is 286 g/mol. The molecule has 0 bridgehead atoms. The van der Waals surface area contributed by atoms with Crippen LogP contribution in [0, 0.1) is 0 Å². The number of hydrogen-bond donors (Lipinski definition) is 2. The van der Waals surface area contributed by atoms with Crippen LogP contribution in [0.5, 0.6) is 0 Å². The molecule has 0 spiro atoms. The van der Waals surface area contributed by atoms with E-state index in [4.69, 9.17) is 11.6 Å². The second kappa shape index (κ2) is 7.09. The first-order valence-corrected chi connectivity index (χ1v) is 7.25. The maximum Gasteiger partial charge on any atom is 0.274 e. The Morgan fingerprint density at radius 3 is 2.43 bits per heavy atom. The Kier molecular flexibility index (Phi) is 5.17. The van der Waals surface area contributed by atoms with Crippen LogP contribution in [-0.4, -0.2) is 16.9 Å². The van der Waals surface area contributed by atoms with Crippen molar-refractivity contribution in [3.63, 3.8) is 0 Å². The number of nitrogens with zero attached hydrogens (tertiary/aromatic N) is 1. The van der Waals surface area contributed by atoms with E-state index >= 15 is 0 Å². The minimum Gasteiger partial charge on any atom is -0.381 e. The lowest BCUT2D eigenvalue weighted by Crippen LogP contribution is -2.16. The Morgan fingerprint density at radius 2 is 1.86 bits per heavy atom. The highest BCUT2D eigenvalue weighted by Crippen LogP contribution is 2.15. The summed E-state index contributed by atoms with van der Waals surface area (Å²) in [6.45, 7) is 4.21. The molecule has 0 aliphatic rings. The maximum atomic E-state index is 12.1. The van der Waals surface area contributed by atoms with Gasteiger partial charge in [-0.2, -0.15) is 0 Å². The first-order chi connectivity index (χ1) is 10.1. The molecule has 1 aromatic heterocycles. The molecule has 4 nitrogen and oxygen atoms in total. The van der Waals surface area contributed by atoms with Crippen LogP contribution < -0.4 is 10.6 Å². The number of anilines is 2. The van der Waals surface area contributed by atoms with Gasteiger partial charge < -0.3 is 10.6 Å². The molecule has 0 aliphatic carbocycles. The van der Waals surface area contributed by atoms with Gasteiger partial charge in [-0.15, -0.1) is 0 Å². The summed E-state index contributed by atoms with van der Waals surface area (Å²) in [4.78, 5) is 16.2. The van der Waals surface area contributed by atoms with Gasteiger partial charge in [0.25, 0.3) is 5.91 Å². The predicted molar refractivity (Wildman–Crippen MR) is 87.0 cm³/mol. The molecule has 0 fully saturated rings. The Labute approximate surface area is 129 Å². The Morgan fingerprint density at radius 1 is 1.19 bits per heavy atom. The van der Waals surface area contributed by atoms with Gasteiger partial charge >= 0.3 is 0 Å². The van der Waals surface area contributed by atoms with Gasteiger partial charge in [0, 0.05) is 16.8 Å². The van der Waals surface area contributed by atoms with E-state index in [1.807, 2.05) is 6.07 Å². The minimum atomic E-state index is -0.243. The summed E-state index contributed by atoms with van der Waals surface area (Å²) in [5, 5.41) is 6.71. The Hall–Kier alpha value is -2.07. The third kappa shape index (κ3) is 4.46. The molecule has 1 aromatic carbocycles. The highest BCUT2D eigenvalue weighted by Gasteiger charge is 2.08. The van der Waals surface area contributed by atoms with Crippen LogP contribution in [0.3, 0.4) is 0 Å². The van der Waals surface area contributed by atoms with E-state index in [1.165, 1.54) is 0 Å². The molecule has 110 valence electrons. The molecule has 5 heteroatoms. The van der Waals surface area contributed by atoms with E-state index in [-0.39, 0.29) is 5.91 Å². The second-order valence-corrected chi connectivity index (χ2v) is 5.28. The van der Waals surface area contributed by atoms with E-state index in [0.29, 0.717) is 22.4 Å². The van der Waals surface area contributed by atoms with Crippen molar-refractivity contribution in [3.05, 3.63) is 53.3 Å². The number of nitrogens with one attached hydrogen (secondary N) is 2. The van der Waals surface area contributed by atoms with Crippen molar-refractivity contribution in [2.24, 2.45) is 0 Å². The zero-order valence-electron chi connectivity index (χ0n) is 12.1. The van der Waals surface area contributed by atoms with E-state index < -0.39 is 0 Å². The highest BCUT2D eigenvalue weighted by molar-refractivity contribution is 6.30. The third-order valence-electron chi connectivity index (χ3n) is 3.12. The molecule has 21 heavy (non-hydrogen) atoms. The third-order valence-corrected chi connectivity index (χ3v) is 3.38. The van der Waals surface area contributed by atoms with Crippen LogP contribution >= 0.6 is 11.6 Å². The van der Waals surface area contributed by atoms with Crippen molar-refractivity contribution >= 4 is 28.9 Å². The van der Waals surface area contributed by atoms with E-state index in [1.54, 1.807) is 36.5 Å². The molecular formula is C16H18ClN3O. The van der Waals surface area contributed by atoms with Crippen molar-refractivity contribution in [1.29, 1.82) is 0 Å². The van der Waals surface area contributed by atoms with Gasteiger partial charge in [0.15, 0.2) is 0 Å². The summed E-state index contributed by atoms with van der Waals surface area (Å²) < 4.78 is 0. The van der Waals surface area contributed by atoms with Crippen molar-refractivity contribution in [2.75, 3.05) is 10.6 Å². The van der Waals surface area contributed by atoms with Crippen LogP contribution in [0.25, 0.3) is 0 Å². The zero-order chi connectivity index (χ0) is 15.2. The Bertz CT molecular complexity index is 596. The summed E-state index contributed by atoms with van der Waals surface area (Å²) in [6.07, 6.45) is 2.70. The molecule has 1 heterocycles. The number of hydrogen-bond acceptors (Lipinski definition) is 3. The Balaban J connectivity index is 2.01. The molecule has 1 unspecified atom stereocenters. The number of carbonyl (C=O) groups excluding carboxylic acids is 1. The lowest BCUT2D eigenvalue weighted by Gasteiger charge is -2.12. The van der Waals surface area contributed by atoms with Gasteiger partial charge in [0.05, 0.1) is 11.9 Å². The monoisotopic (exact) mass is 303 g/mol. The quantitative estimate of drug-likeness (QED) is 0.870. The van der Waals surface area contributed by atoms with Gasteiger partial charge in [0.1, 0.15) is 5.69 Å². The molecule has 0 aliphatic heterocycles. The molecule has 0 radical (unpaired) electrons. The van der Waals surface area contributed by atoms with Gasteiger partial charge in [-0.3, -0.25) is 4.79 Å². The first kappa shape index (κ1) is 15.3. The van der Waals surface area contributed by atoms with Crippen molar-refractivity contribution in [1.82, 2.24) is 4.98 Å². The summed E-state index contributed by atoms with van der Waals surface area (Å²) >= 11 is 5.80. The summed E-state index contributed by atoms with van der Waals surface area (Å²) in [7, 11) is 0. The van der Waals surface area contributed by atoms with Gasteiger partial charge in [0.2, 0.25) is 0 Å². The second-order valence-electron chi connectivity index (χ2n) is 4.85. The predicted octanol–water partition coefficient (Wildman–Crippen LogP) is 4.20. The largest absolute Gasteiger partial charge is 0.381 e. The van der Waals surface area contributed by atoms with Crippen LogP contribution in [0.15, 0.2) is 42.6 Å². The van der Waals surface area contributed by atoms with Crippen LogP contribution in [0.4, 0.5) is 11.4 Å². The van der Waals surface area contributed by atoms with Crippen LogP contribution in [0.1, 0.15) is 30.8 Å². The number of benzene rings is 1. The molecule has 2 N–H and O–H groups in total. The molecule has 1 atom stereocenters. The zero-order valence-corrected chi connectivity index (χ0v) is 12.8. The topological polar surface area (TPSA) is 54.0 Å². The van der Waals surface area contributed by atoms with Crippen LogP contribution in [-0.2, 0) is 0 Å². The average Bonchev–Trinajstić information content (AvgIpc) is 2.50. The highest BCUT2D eigenvalue weighted by atomic mass is 35.5. The molecule has 2 aromatic rings. The minimum absolute atomic E-state index is 0.243. The fourth-order valence-electron chi connectivity index (χ4n) is 1.73. The van der Waals surface area contributed by atoms with Crippen LogP contribution in [0.2, 0.25) is 5.02 Å². The fourth-order valence-corrected chi connectivity index (χ4v) is 1.85. The number of pyridine rings is 1. The SMILES string of the molecule is CCC(C)Nc1ccc(C(=O)Nc2ccc(Cl)cc2)nc1. The van der Waals surface area contributed by atoms with Crippen molar-refractivity contribution < 1.29 is 4.79 Å². The smallest absolute Gasteiger partial charge is 0.274 e. The number of halogens is 1. The normalized spacial score (nSPS) is 11.8. The summed E-state index contributed by atoms with van der Waals surface area (Å²) in [5.74, 6) is -0.243. The van der Waals surface area contributed by atoms with Crippen molar-refractivity contribution in [3.8, 4) is 0 Å². The lowest BCUT2D eigenvalue weighted by atomic mass is 10.2. The summed E-state index contributed by atoms with van der Waals surface area (Å²) in [5.41, 5.74) is 1.97. The molecule has 1 amide bonds. The van der Waals surface area contributed by atoms with Gasteiger partial charge in [-0.05, 0) is 49.7 Å². The number of rotatable bonds is 5. The van der Waals surface area contributed by atoms with Crippen molar-refractivity contribution in [2.45, 2.75) is 26.3 Å². The standard InChI is InChI=1S/C16H18ClN3O/c1-3-11(2)19-14-8-9-15(18-10-14)16(21)20-13-6-4-12(17)5-7-13/h4-11,19H,3H2,1-2H3,(H,20,21). The number of amides is 1. The average molecular weight is 304 g/mol. The van der Waals surface area contributed by atoms with E-state index in [9.17, 15) is 4.79 Å².